The third-order valence-electron chi connectivity index (χ3n) is 3.05. The summed E-state index contributed by atoms with van der Waals surface area (Å²) in [6, 6.07) is 18.0. The normalized spacial score (nSPS) is 9.88. The minimum Gasteiger partial charge on any atom is -0.491 e. The highest BCUT2D eigenvalue weighted by atomic mass is 35.5. The smallest absolute Gasteiger partial charge is 0.414 e. The van der Waals surface area contributed by atoms with Crippen LogP contribution in [0.15, 0.2) is 54.6 Å². The van der Waals surface area contributed by atoms with Gasteiger partial charge in [-0.2, -0.15) is 0 Å². The Hall–Kier alpha value is -2.57. The second kappa shape index (κ2) is 11.1. The van der Waals surface area contributed by atoms with Gasteiger partial charge in [0.15, 0.2) is 0 Å². The summed E-state index contributed by atoms with van der Waals surface area (Å²) in [4.78, 5) is 20.4. The Labute approximate surface area is 151 Å². The Morgan fingerprint density at radius 3 is 2.12 bits per heavy atom. The van der Waals surface area contributed by atoms with Crippen molar-refractivity contribution in [2.24, 2.45) is 0 Å². The van der Waals surface area contributed by atoms with E-state index in [1.807, 2.05) is 30.3 Å². The molecular weight excluding hydrogens is 346 g/mol. The number of aliphatic carboxylic acids is 2. The van der Waals surface area contributed by atoms with E-state index in [4.69, 9.17) is 36.1 Å². The van der Waals surface area contributed by atoms with E-state index in [1.54, 1.807) is 0 Å². The number of carbonyl (C=O) groups is 2. The highest BCUT2D eigenvalue weighted by Crippen LogP contribution is 2.22. The first-order chi connectivity index (χ1) is 11.9. The van der Waals surface area contributed by atoms with Crippen LogP contribution in [0.3, 0.4) is 0 Å². The molecule has 7 heteroatoms. The summed E-state index contributed by atoms with van der Waals surface area (Å²) in [7, 11) is 2.09. The lowest BCUT2D eigenvalue weighted by atomic mass is 10.2. The van der Waals surface area contributed by atoms with Crippen LogP contribution in [0.25, 0.3) is 0 Å². The number of likely N-dealkylation sites (N-methyl/N-ethyl adjacent to an activating group) is 1. The number of nitrogens with zero attached hydrogens (tertiary/aromatic N) is 1. The number of hydrogen-bond donors (Lipinski definition) is 2. The monoisotopic (exact) mass is 365 g/mol. The van der Waals surface area contributed by atoms with Gasteiger partial charge in [0, 0.05) is 13.1 Å². The van der Waals surface area contributed by atoms with Crippen LogP contribution in [-0.4, -0.2) is 47.3 Å². The van der Waals surface area contributed by atoms with Crippen molar-refractivity contribution < 1.29 is 24.5 Å². The molecule has 0 spiro atoms. The third kappa shape index (κ3) is 8.74. The predicted molar refractivity (Wildman–Crippen MR) is 95.0 cm³/mol. The molecule has 134 valence electrons. The van der Waals surface area contributed by atoms with Gasteiger partial charge in [-0.25, -0.2) is 9.59 Å². The summed E-state index contributed by atoms with van der Waals surface area (Å²) in [5, 5.41) is 15.4. The third-order valence-corrected chi connectivity index (χ3v) is 3.36. The van der Waals surface area contributed by atoms with Crippen LogP contribution in [0.5, 0.6) is 5.75 Å². The number of carboxylic acids is 2. The fourth-order valence-electron chi connectivity index (χ4n) is 1.85. The molecule has 0 fully saturated rings. The summed E-state index contributed by atoms with van der Waals surface area (Å²) >= 11 is 6.03. The Morgan fingerprint density at radius 1 is 1.00 bits per heavy atom. The Bertz CT molecular complexity index is 666. The molecule has 2 aromatic carbocycles. The molecule has 0 heterocycles. The van der Waals surface area contributed by atoms with Gasteiger partial charge < -0.3 is 14.9 Å². The zero-order valence-corrected chi connectivity index (χ0v) is 14.5. The molecule has 6 nitrogen and oxygen atoms in total. The maximum Gasteiger partial charge on any atom is 0.414 e. The highest BCUT2D eigenvalue weighted by molar-refractivity contribution is 6.32. The van der Waals surface area contributed by atoms with Crippen LogP contribution < -0.4 is 4.74 Å². The molecule has 0 aliphatic rings. The number of carboxylic acid groups (broad SMARTS) is 2. The summed E-state index contributed by atoms with van der Waals surface area (Å²) < 4.78 is 5.67. The quantitative estimate of drug-likeness (QED) is 0.765. The number of rotatable bonds is 6. The molecule has 0 amide bonds. The average molecular weight is 366 g/mol. The lowest BCUT2D eigenvalue weighted by Gasteiger charge is -2.17. The van der Waals surface area contributed by atoms with Crippen LogP contribution in [0, 0.1) is 0 Å². The second-order valence-electron chi connectivity index (χ2n) is 5.11. The molecule has 2 N–H and O–H groups in total. The van der Waals surface area contributed by atoms with Crippen LogP contribution in [-0.2, 0) is 16.1 Å². The van der Waals surface area contributed by atoms with Gasteiger partial charge in [0.2, 0.25) is 0 Å². The van der Waals surface area contributed by atoms with Crippen LogP contribution in [0.4, 0.5) is 0 Å². The van der Waals surface area contributed by atoms with E-state index in [0.29, 0.717) is 11.6 Å². The van der Waals surface area contributed by atoms with Crippen molar-refractivity contribution in [3.63, 3.8) is 0 Å². The summed E-state index contributed by atoms with van der Waals surface area (Å²) in [5.74, 6) is -2.90. The molecule has 0 saturated carbocycles. The van der Waals surface area contributed by atoms with Gasteiger partial charge in [0.25, 0.3) is 0 Å². The standard InChI is InChI=1S/C16H18ClNO.C2H2O4/c1-18(13-14-7-3-2-4-8-14)11-12-19-16-10-6-5-9-15(16)17;3-1(4)2(5)6/h2-10H,11-13H2,1H3;(H,3,4)(H,5,6). The molecule has 0 aliphatic heterocycles. The number of halogens is 1. The topological polar surface area (TPSA) is 87.1 Å². The van der Waals surface area contributed by atoms with E-state index in [9.17, 15) is 0 Å². The van der Waals surface area contributed by atoms with E-state index in [2.05, 4.69) is 36.2 Å². The lowest BCUT2D eigenvalue weighted by molar-refractivity contribution is -0.159. The van der Waals surface area contributed by atoms with Gasteiger partial charge >= 0.3 is 11.9 Å². The Balaban J connectivity index is 0.000000450. The van der Waals surface area contributed by atoms with Crippen molar-refractivity contribution in [2.45, 2.75) is 6.54 Å². The first-order valence-corrected chi connectivity index (χ1v) is 7.84. The fraction of sp³-hybridized carbons (Fsp3) is 0.222. The number of benzene rings is 2. The summed E-state index contributed by atoms with van der Waals surface area (Å²) in [5.41, 5.74) is 1.31. The van der Waals surface area contributed by atoms with Crippen molar-refractivity contribution >= 4 is 23.5 Å². The largest absolute Gasteiger partial charge is 0.491 e. The van der Waals surface area contributed by atoms with Gasteiger partial charge in [-0.3, -0.25) is 4.90 Å². The molecule has 0 aliphatic carbocycles. The zero-order valence-electron chi connectivity index (χ0n) is 13.8. The number of hydrogen-bond acceptors (Lipinski definition) is 4. The van der Waals surface area contributed by atoms with E-state index >= 15 is 0 Å². The predicted octanol–water partition coefficient (Wildman–Crippen LogP) is 3.01. The van der Waals surface area contributed by atoms with E-state index in [1.165, 1.54) is 5.56 Å². The minimum atomic E-state index is -1.82. The van der Waals surface area contributed by atoms with E-state index < -0.39 is 11.9 Å². The summed E-state index contributed by atoms with van der Waals surface area (Å²) in [6.07, 6.45) is 0. The first-order valence-electron chi connectivity index (χ1n) is 7.46. The number of para-hydroxylation sites is 1. The average Bonchev–Trinajstić information content (AvgIpc) is 2.58. The van der Waals surface area contributed by atoms with Gasteiger partial charge in [0.1, 0.15) is 12.4 Å². The Kier molecular flexibility index (Phi) is 9.06. The maximum atomic E-state index is 9.10. The molecule has 0 radical (unpaired) electrons. The van der Waals surface area contributed by atoms with Gasteiger partial charge in [-0.05, 0) is 24.7 Å². The first kappa shape index (κ1) is 20.5. The fourth-order valence-corrected chi connectivity index (χ4v) is 2.04. The van der Waals surface area contributed by atoms with Crippen LogP contribution in [0.1, 0.15) is 5.56 Å². The maximum absolute atomic E-state index is 9.10. The molecular formula is C18H20ClNO5. The van der Waals surface area contributed by atoms with Crippen molar-refractivity contribution in [1.29, 1.82) is 0 Å². The molecule has 2 rings (SSSR count). The van der Waals surface area contributed by atoms with Crippen molar-refractivity contribution in [3.05, 3.63) is 65.2 Å². The summed E-state index contributed by atoms with van der Waals surface area (Å²) in [6.45, 7) is 2.42. The molecule has 0 saturated heterocycles. The van der Waals surface area contributed by atoms with Crippen molar-refractivity contribution in [1.82, 2.24) is 4.90 Å². The zero-order chi connectivity index (χ0) is 18.7. The van der Waals surface area contributed by atoms with Crippen LogP contribution >= 0.6 is 11.6 Å². The van der Waals surface area contributed by atoms with Crippen LogP contribution in [0.2, 0.25) is 5.02 Å². The second-order valence-corrected chi connectivity index (χ2v) is 5.52. The van der Waals surface area contributed by atoms with E-state index in [-0.39, 0.29) is 0 Å². The molecule has 2 aromatic rings. The SMILES string of the molecule is CN(CCOc1ccccc1Cl)Cc1ccccc1.O=C(O)C(=O)O. The van der Waals surface area contributed by atoms with E-state index in [0.717, 1.165) is 18.8 Å². The molecule has 0 unspecified atom stereocenters. The highest BCUT2D eigenvalue weighted by Gasteiger charge is 2.04. The minimum absolute atomic E-state index is 0.632. The molecule has 0 bridgehead atoms. The van der Waals surface area contributed by atoms with Crippen molar-refractivity contribution in [2.75, 3.05) is 20.2 Å². The Morgan fingerprint density at radius 2 is 1.56 bits per heavy atom. The van der Waals surface area contributed by atoms with Gasteiger partial charge in [-0.1, -0.05) is 54.1 Å². The molecule has 0 aromatic heterocycles. The molecule has 0 atom stereocenters. The van der Waals surface area contributed by atoms with Crippen molar-refractivity contribution in [3.8, 4) is 5.75 Å². The number of ether oxygens (including phenoxy) is 1. The molecule has 25 heavy (non-hydrogen) atoms. The van der Waals surface area contributed by atoms with Gasteiger partial charge in [0.05, 0.1) is 5.02 Å². The lowest BCUT2D eigenvalue weighted by Crippen LogP contribution is -2.23. The van der Waals surface area contributed by atoms with Gasteiger partial charge in [-0.15, -0.1) is 0 Å².